The number of aliphatic hydroxyl groups is 2. The van der Waals surface area contributed by atoms with Crippen LogP contribution < -0.4 is 0 Å². The summed E-state index contributed by atoms with van der Waals surface area (Å²) in [5, 5.41) is 18.5. The maximum Gasteiger partial charge on any atom is 0.371 e. The predicted molar refractivity (Wildman–Crippen MR) is 79.7 cm³/mol. The summed E-state index contributed by atoms with van der Waals surface area (Å²) in [5.74, 6) is 0.162. The fourth-order valence-corrected chi connectivity index (χ4v) is 8.06. The maximum atomic E-state index is 9.85. The van der Waals surface area contributed by atoms with Gasteiger partial charge in [-0.25, -0.2) is 0 Å². The monoisotopic (exact) mass is 306 g/mol. The van der Waals surface area contributed by atoms with Gasteiger partial charge in [0, 0.05) is 21.3 Å². The summed E-state index contributed by atoms with van der Waals surface area (Å²) < 4.78 is 17.8. The van der Waals surface area contributed by atoms with Crippen molar-refractivity contribution < 1.29 is 23.8 Å². The lowest BCUT2D eigenvalue weighted by molar-refractivity contribution is -0.0699. The molecule has 0 radical (unpaired) electrons. The van der Waals surface area contributed by atoms with Gasteiger partial charge in [-0.1, -0.05) is 19.8 Å². The Labute approximate surface area is 123 Å². The molecule has 1 aliphatic rings. The third-order valence-corrected chi connectivity index (χ3v) is 9.26. The molecule has 0 aliphatic carbocycles. The van der Waals surface area contributed by atoms with Gasteiger partial charge in [-0.15, -0.1) is 0 Å². The largest absolute Gasteiger partial charge is 0.396 e. The fourth-order valence-electron chi connectivity index (χ4n) is 3.87. The molecule has 3 unspecified atom stereocenters. The Balaban J connectivity index is 3.13. The molecule has 5 nitrogen and oxygen atoms in total. The Hall–Kier alpha value is 0.0169. The Bertz CT molecular complexity index is 285. The van der Waals surface area contributed by atoms with E-state index in [0.29, 0.717) is 6.42 Å². The molecule has 1 rings (SSSR count). The average molecular weight is 306 g/mol. The van der Waals surface area contributed by atoms with E-state index in [4.69, 9.17) is 18.7 Å². The second-order valence-electron chi connectivity index (χ2n) is 5.67. The van der Waals surface area contributed by atoms with E-state index in [9.17, 15) is 5.11 Å². The van der Waals surface area contributed by atoms with Crippen molar-refractivity contribution in [3.63, 3.8) is 0 Å². The lowest BCUT2D eigenvalue weighted by atomic mass is 9.87. The van der Waals surface area contributed by atoms with Crippen molar-refractivity contribution in [1.82, 2.24) is 0 Å². The van der Waals surface area contributed by atoms with E-state index in [1.165, 1.54) is 0 Å². The first-order chi connectivity index (χ1) is 9.55. The van der Waals surface area contributed by atoms with Gasteiger partial charge < -0.3 is 23.8 Å². The molecule has 0 bridgehead atoms. The predicted octanol–water partition coefficient (Wildman–Crippen LogP) is 1.60. The van der Waals surface area contributed by atoms with E-state index in [1.807, 2.05) is 0 Å². The minimum Gasteiger partial charge on any atom is -0.396 e. The molecular formula is C14H30O5Si. The maximum absolute atomic E-state index is 9.85. The van der Waals surface area contributed by atoms with Crippen molar-refractivity contribution in [2.75, 3.05) is 27.9 Å². The third-order valence-electron chi connectivity index (χ3n) is 4.78. The van der Waals surface area contributed by atoms with Crippen molar-refractivity contribution in [3.05, 3.63) is 0 Å². The van der Waals surface area contributed by atoms with Crippen molar-refractivity contribution in [1.29, 1.82) is 0 Å². The molecule has 20 heavy (non-hydrogen) atoms. The van der Waals surface area contributed by atoms with Crippen molar-refractivity contribution in [2.45, 2.75) is 56.4 Å². The molecule has 3 atom stereocenters. The molecule has 0 aromatic carbocycles. The molecule has 1 aliphatic heterocycles. The highest BCUT2D eigenvalue weighted by Gasteiger charge is 2.62. The van der Waals surface area contributed by atoms with Gasteiger partial charge in [-0.3, -0.25) is 0 Å². The summed E-state index contributed by atoms with van der Waals surface area (Å²) in [6.07, 6.45) is 3.66. The standard InChI is InChI=1S/C14H30O5Si/c1-5-8-14(17-2)12(10-13(16)11-15)7-6-9-20(14,18-3)19-4/h12-13,15-16H,5-11H2,1-4H3. The van der Waals surface area contributed by atoms with Crippen LogP contribution in [-0.4, -0.2) is 58.0 Å². The van der Waals surface area contributed by atoms with E-state index in [1.54, 1.807) is 21.3 Å². The van der Waals surface area contributed by atoms with Gasteiger partial charge in [0.05, 0.1) is 12.7 Å². The highest BCUT2D eigenvalue weighted by Crippen LogP contribution is 2.48. The SMILES string of the molecule is CCCC1(OC)C(CC(O)CO)CCC[Si]1(OC)OC. The van der Waals surface area contributed by atoms with E-state index in [-0.39, 0.29) is 12.5 Å². The van der Waals surface area contributed by atoms with E-state index in [0.717, 1.165) is 31.7 Å². The summed E-state index contributed by atoms with van der Waals surface area (Å²) in [4.78, 5) is 0. The molecule has 120 valence electrons. The molecular weight excluding hydrogens is 276 g/mol. The van der Waals surface area contributed by atoms with E-state index >= 15 is 0 Å². The average Bonchev–Trinajstić information content (AvgIpc) is 2.48. The summed E-state index contributed by atoms with van der Waals surface area (Å²) in [6.45, 7) is 1.91. The first-order valence-corrected chi connectivity index (χ1v) is 9.52. The topological polar surface area (TPSA) is 68.2 Å². The highest BCUT2D eigenvalue weighted by atomic mass is 28.4. The molecule has 0 aromatic heterocycles. The number of methoxy groups -OCH3 is 1. The normalized spacial score (nSPS) is 31.2. The van der Waals surface area contributed by atoms with Crippen molar-refractivity contribution in [2.24, 2.45) is 5.92 Å². The lowest BCUT2D eigenvalue weighted by Gasteiger charge is -2.52. The van der Waals surface area contributed by atoms with Gasteiger partial charge in [-0.2, -0.15) is 0 Å². The van der Waals surface area contributed by atoms with Crippen LogP contribution in [0.1, 0.15) is 39.0 Å². The first kappa shape index (κ1) is 18.1. The van der Waals surface area contributed by atoms with Crippen LogP contribution in [-0.2, 0) is 13.6 Å². The Morgan fingerprint density at radius 1 is 1.30 bits per heavy atom. The lowest BCUT2D eigenvalue weighted by Crippen LogP contribution is -2.68. The molecule has 2 N–H and O–H groups in total. The first-order valence-electron chi connectivity index (χ1n) is 7.50. The third kappa shape index (κ3) is 3.10. The zero-order valence-corrected chi connectivity index (χ0v) is 14.2. The number of ether oxygens (including phenoxy) is 1. The Morgan fingerprint density at radius 2 is 1.95 bits per heavy atom. The van der Waals surface area contributed by atoms with Gasteiger partial charge in [0.15, 0.2) is 0 Å². The van der Waals surface area contributed by atoms with Gasteiger partial charge in [0.25, 0.3) is 0 Å². The van der Waals surface area contributed by atoms with Crippen LogP contribution >= 0.6 is 0 Å². The molecule has 0 aromatic rings. The van der Waals surface area contributed by atoms with Gasteiger partial charge in [0.2, 0.25) is 0 Å². The number of hydrogen-bond donors (Lipinski definition) is 2. The Morgan fingerprint density at radius 3 is 2.40 bits per heavy atom. The van der Waals surface area contributed by atoms with Crippen LogP contribution in [0.15, 0.2) is 0 Å². The minimum atomic E-state index is -2.49. The molecule has 1 saturated heterocycles. The van der Waals surface area contributed by atoms with E-state index < -0.39 is 19.9 Å². The van der Waals surface area contributed by atoms with Crippen LogP contribution in [0.2, 0.25) is 6.04 Å². The second-order valence-corrected chi connectivity index (χ2v) is 9.33. The summed E-state index contributed by atoms with van der Waals surface area (Å²) in [7, 11) is 2.66. The Kier molecular flexibility index (Phi) is 7.10. The quantitative estimate of drug-likeness (QED) is 0.667. The summed E-state index contributed by atoms with van der Waals surface area (Å²) in [6, 6.07) is 0.916. The van der Waals surface area contributed by atoms with Gasteiger partial charge in [0.1, 0.15) is 5.22 Å². The van der Waals surface area contributed by atoms with Crippen molar-refractivity contribution in [3.8, 4) is 0 Å². The molecule has 0 amide bonds. The van der Waals surface area contributed by atoms with Crippen LogP contribution in [0.3, 0.4) is 0 Å². The van der Waals surface area contributed by atoms with Crippen molar-refractivity contribution >= 4 is 8.56 Å². The smallest absolute Gasteiger partial charge is 0.371 e. The fraction of sp³-hybridized carbons (Fsp3) is 1.00. The molecule has 1 fully saturated rings. The number of hydrogen-bond acceptors (Lipinski definition) is 5. The zero-order valence-electron chi connectivity index (χ0n) is 13.2. The molecule has 0 spiro atoms. The highest BCUT2D eigenvalue weighted by molar-refractivity contribution is 6.70. The van der Waals surface area contributed by atoms with Crippen LogP contribution in [0.5, 0.6) is 0 Å². The molecule has 1 heterocycles. The summed E-state index contributed by atoms with van der Waals surface area (Å²) in [5.41, 5.74) is 0. The van der Waals surface area contributed by atoms with Crippen LogP contribution in [0.4, 0.5) is 0 Å². The van der Waals surface area contributed by atoms with Gasteiger partial charge >= 0.3 is 8.56 Å². The molecule has 6 heteroatoms. The van der Waals surface area contributed by atoms with E-state index in [2.05, 4.69) is 6.92 Å². The number of aliphatic hydroxyl groups excluding tert-OH is 2. The van der Waals surface area contributed by atoms with Gasteiger partial charge in [-0.05, 0) is 31.2 Å². The molecule has 0 saturated carbocycles. The minimum absolute atomic E-state index is 0.162. The second kappa shape index (κ2) is 7.86. The zero-order chi connectivity index (χ0) is 15.2. The summed E-state index contributed by atoms with van der Waals surface area (Å²) >= 11 is 0. The van der Waals surface area contributed by atoms with Crippen LogP contribution in [0, 0.1) is 5.92 Å². The number of rotatable bonds is 8. The van der Waals surface area contributed by atoms with Crippen LogP contribution in [0.25, 0.3) is 0 Å².